The van der Waals surface area contributed by atoms with Gasteiger partial charge in [-0.1, -0.05) is 28.1 Å². The van der Waals surface area contributed by atoms with Gasteiger partial charge in [0, 0.05) is 38.4 Å². The first-order valence-corrected chi connectivity index (χ1v) is 8.85. The first kappa shape index (κ1) is 17.6. The van der Waals surface area contributed by atoms with Gasteiger partial charge in [0.1, 0.15) is 0 Å². The lowest BCUT2D eigenvalue weighted by Crippen LogP contribution is -2.41. The molecule has 0 aliphatic rings. The number of hydrogen-bond acceptors (Lipinski definition) is 4. The third-order valence-corrected chi connectivity index (χ3v) is 5.74. The monoisotopic (exact) mass is 401 g/mol. The summed E-state index contributed by atoms with van der Waals surface area (Å²) in [5, 5.41) is 0. The van der Waals surface area contributed by atoms with E-state index in [1.807, 2.05) is 0 Å². The summed E-state index contributed by atoms with van der Waals surface area (Å²) in [6.07, 6.45) is 1.05. The van der Waals surface area contributed by atoms with E-state index >= 15 is 0 Å². The molecule has 124 valence electrons. The molecule has 0 amide bonds. The van der Waals surface area contributed by atoms with E-state index in [-0.39, 0.29) is 6.54 Å². The fourth-order valence-electron chi connectivity index (χ4n) is 2.05. The first-order chi connectivity index (χ1) is 10.6. The minimum Gasteiger partial charge on any atom is -0.302 e. The van der Waals surface area contributed by atoms with E-state index in [0.29, 0.717) is 0 Å². The Morgan fingerprint density at radius 3 is 2.26 bits per heavy atom. The van der Waals surface area contributed by atoms with E-state index in [1.165, 1.54) is 21.1 Å². The molecule has 1 heterocycles. The van der Waals surface area contributed by atoms with Gasteiger partial charge in [-0.15, -0.1) is 0 Å². The zero-order valence-corrected chi connectivity index (χ0v) is 15.3. The maximum absolute atomic E-state index is 12.6. The van der Waals surface area contributed by atoms with Crippen molar-refractivity contribution < 1.29 is 8.42 Å². The van der Waals surface area contributed by atoms with Crippen LogP contribution in [0.25, 0.3) is 0 Å². The van der Waals surface area contributed by atoms with Crippen LogP contribution in [0.15, 0.2) is 49.4 Å². The smallest absolute Gasteiger partial charge is 0.302 e. The van der Waals surface area contributed by atoms with Gasteiger partial charge in [0.25, 0.3) is 5.56 Å². The van der Waals surface area contributed by atoms with Crippen LogP contribution in [-0.4, -0.2) is 28.9 Å². The van der Waals surface area contributed by atoms with E-state index in [4.69, 9.17) is 0 Å². The van der Waals surface area contributed by atoms with Crippen LogP contribution in [-0.2, 0) is 30.7 Å². The van der Waals surface area contributed by atoms with Crippen molar-refractivity contribution in [3.63, 3.8) is 0 Å². The lowest BCUT2D eigenvalue weighted by molar-refractivity contribution is 0.462. The topological polar surface area (TPSA) is 81.4 Å². The van der Waals surface area contributed by atoms with Gasteiger partial charge in [0.15, 0.2) is 4.90 Å². The van der Waals surface area contributed by atoms with Crippen LogP contribution in [0, 0.1) is 0 Å². The van der Waals surface area contributed by atoms with Crippen molar-refractivity contribution in [2.24, 2.45) is 14.1 Å². The molecule has 0 bridgehead atoms. The minimum absolute atomic E-state index is 0.113. The van der Waals surface area contributed by atoms with Gasteiger partial charge in [-0.05, 0) is 17.7 Å². The van der Waals surface area contributed by atoms with Crippen molar-refractivity contribution in [2.75, 3.05) is 7.05 Å². The van der Waals surface area contributed by atoms with Gasteiger partial charge >= 0.3 is 5.69 Å². The van der Waals surface area contributed by atoms with Gasteiger partial charge < -0.3 is 4.57 Å². The Bertz CT molecular complexity index is 945. The van der Waals surface area contributed by atoms with Gasteiger partial charge in [-0.3, -0.25) is 9.36 Å². The highest BCUT2D eigenvalue weighted by Gasteiger charge is 2.26. The van der Waals surface area contributed by atoms with Crippen molar-refractivity contribution in [3.05, 3.63) is 61.3 Å². The second-order valence-corrected chi connectivity index (χ2v) is 8.07. The average Bonchev–Trinajstić information content (AvgIpc) is 2.50. The van der Waals surface area contributed by atoms with Gasteiger partial charge in [-0.25, -0.2) is 13.2 Å². The number of nitrogens with zero attached hydrogens (tertiary/aromatic N) is 3. The minimum atomic E-state index is -4.01. The molecule has 9 heteroatoms. The normalized spacial score (nSPS) is 11.9. The van der Waals surface area contributed by atoms with Gasteiger partial charge in [0.05, 0.1) is 0 Å². The molecule has 0 saturated carbocycles. The summed E-state index contributed by atoms with van der Waals surface area (Å²) in [4.78, 5) is 23.4. The summed E-state index contributed by atoms with van der Waals surface area (Å²) >= 11 is 3.31. The number of aryl methyl sites for hydroxylation is 1. The van der Waals surface area contributed by atoms with E-state index in [0.717, 1.165) is 29.7 Å². The molecular weight excluding hydrogens is 386 g/mol. The number of halogens is 1. The number of benzene rings is 1. The summed E-state index contributed by atoms with van der Waals surface area (Å²) in [7, 11) is 0.0264. The van der Waals surface area contributed by atoms with Crippen molar-refractivity contribution in [3.8, 4) is 0 Å². The average molecular weight is 402 g/mol. The molecule has 2 rings (SSSR count). The summed E-state index contributed by atoms with van der Waals surface area (Å²) in [6, 6.07) is 7.19. The summed E-state index contributed by atoms with van der Waals surface area (Å²) in [6.45, 7) is 0.113. The lowest BCUT2D eigenvalue weighted by Gasteiger charge is -2.17. The van der Waals surface area contributed by atoms with E-state index in [1.54, 1.807) is 24.3 Å². The molecule has 1 aromatic carbocycles. The molecule has 0 aliphatic carbocycles. The van der Waals surface area contributed by atoms with Gasteiger partial charge in [0.2, 0.25) is 10.0 Å². The SMILES string of the molecule is CN(Cc1ccc(Br)cc1)S(=O)(=O)c1cn(C)c(=O)n(C)c1=O. The van der Waals surface area contributed by atoms with E-state index in [9.17, 15) is 18.0 Å². The summed E-state index contributed by atoms with van der Waals surface area (Å²) < 4.78 is 29.1. The maximum atomic E-state index is 12.6. The lowest BCUT2D eigenvalue weighted by atomic mass is 10.2. The standard InChI is InChI=1S/C14H16BrN3O4S/c1-16-9-12(13(19)18(3)14(16)20)23(21,22)17(2)8-10-4-6-11(15)7-5-10/h4-7,9H,8H2,1-3H3. The summed E-state index contributed by atoms with van der Waals surface area (Å²) in [5.41, 5.74) is -0.638. The van der Waals surface area contributed by atoms with Crippen LogP contribution >= 0.6 is 15.9 Å². The van der Waals surface area contributed by atoms with Crippen LogP contribution in [0.4, 0.5) is 0 Å². The van der Waals surface area contributed by atoms with Crippen molar-refractivity contribution in [2.45, 2.75) is 11.4 Å². The molecule has 0 fully saturated rings. The molecular formula is C14H16BrN3O4S. The van der Waals surface area contributed by atoms with Crippen LogP contribution < -0.4 is 11.2 Å². The molecule has 0 radical (unpaired) electrons. The first-order valence-electron chi connectivity index (χ1n) is 6.62. The molecule has 7 nitrogen and oxygen atoms in total. The molecule has 2 aromatic rings. The third-order valence-electron chi connectivity index (χ3n) is 3.42. The highest BCUT2D eigenvalue weighted by atomic mass is 79.9. The van der Waals surface area contributed by atoms with Crippen LogP contribution in [0.1, 0.15) is 5.56 Å². The highest BCUT2D eigenvalue weighted by molar-refractivity contribution is 9.10. The Kier molecular flexibility index (Phi) is 4.92. The van der Waals surface area contributed by atoms with Crippen LogP contribution in [0.3, 0.4) is 0 Å². The number of hydrogen-bond donors (Lipinski definition) is 0. The van der Waals surface area contributed by atoms with Crippen molar-refractivity contribution in [1.29, 1.82) is 0 Å². The zero-order chi connectivity index (χ0) is 17.4. The highest BCUT2D eigenvalue weighted by Crippen LogP contribution is 2.15. The Labute approximate surface area is 142 Å². The van der Waals surface area contributed by atoms with E-state index in [2.05, 4.69) is 15.9 Å². The maximum Gasteiger partial charge on any atom is 0.330 e. The largest absolute Gasteiger partial charge is 0.330 e. The Hall–Kier alpha value is -1.71. The van der Waals surface area contributed by atoms with Crippen molar-refractivity contribution in [1.82, 2.24) is 13.4 Å². The molecule has 0 aliphatic heterocycles. The molecule has 23 heavy (non-hydrogen) atoms. The Balaban J connectivity index is 2.44. The molecule has 0 N–H and O–H groups in total. The fourth-order valence-corrected chi connectivity index (χ4v) is 3.62. The van der Waals surface area contributed by atoms with E-state index < -0.39 is 26.2 Å². The van der Waals surface area contributed by atoms with Crippen LogP contribution in [0.2, 0.25) is 0 Å². The number of rotatable bonds is 4. The molecule has 0 atom stereocenters. The fraction of sp³-hybridized carbons (Fsp3) is 0.286. The second kappa shape index (κ2) is 6.42. The summed E-state index contributed by atoms with van der Waals surface area (Å²) in [5.74, 6) is 0. The Morgan fingerprint density at radius 1 is 1.13 bits per heavy atom. The van der Waals surface area contributed by atoms with Crippen molar-refractivity contribution >= 4 is 26.0 Å². The quantitative estimate of drug-likeness (QED) is 0.753. The second-order valence-electron chi connectivity index (χ2n) is 5.14. The zero-order valence-electron chi connectivity index (χ0n) is 12.9. The third kappa shape index (κ3) is 3.46. The number of aromatic nitrogens is 2. The van der Waals surface area contributed by atoms with Crippen LogP contribution in [0.5, 0.6) is 0 Å². The Morgan fingerprint density at radius 2 is 1.70 bits per heavy atom. The predicted octanol–water partition coefficient (Wildman–Crippen LogP) is 0.667. The molecule has 0 unspecified atom stereocenters. The number of sulfonamides is 1. The predicted molar refractivity (Wildman–Crippen MR) is 89.7 cm³/mol. The molecule has 1 aromatic heterocycles. The van der Waals surface area contributed by atoms with Gasteiger partial charge in [-0.2, -0.15) is 4.31 Å². The molecule has 0 spiro atoms. The molecule has 0 saturated heterocycles.